The number of urea groups is 1. The normalized spacial score (nSPS) is 16.5. The van der Waals surface area contributed by atoms with E-state index in [1.165, 1.54) is 7.11 Å². The first-order valence-corrected chi connectivity index (χ1v) is 9.75. The molecule has 0 spiro atoms. The van der Waals surface area contributed by atoms with Crippen LogP contribution in [0.5, 0.6) is 5.75 Å². The second-order valence-electron chi connectivity index (χ2n) is 6.06. The number of hydrogen-bond acceptors (Lipinski definition) is 5. The van der Waals surface area contributed by atoms with Gasteiger partial charge in [-0.2, -0.15) is 11.8 Å². The number of thioether (sulfide) groups is 1. The van der Waals surface area contributed by atoms with Gasteiger partial charge in [-0.1, -0.05) is 12.1 Å². The third-order valence-corrected chi connectivity index (χ3v) is 5.47. The van der Waals surface area contributed by atoms with Crippen molar-refractivity contribution in [2.45, 2.75) is 6.04 Å². The number of anilines is 1. The summed E-state index contributed by atoms with van der Waals surface area (Å²) in [4.78, 5) is 26.2. The van der Waals surface area contributed by atoms with Crippen LogP contribution >= 0.6 is 11.8 Å². The van der Waals surface area contributed by atoms with Gasteiger partial charge < -0.3 is 19.7 Å². The maximum absolute atomic E-state index is 12.8. The first-order chi connectivity index (χ1) is 13.1. The minimum Gasteiger partial charge on any atom is -0.497 e. The Labute approximate surface area is 162 Å². The van der Waals surface area contributed by atoms with Crippen molar-refractivity contribution >= 4 is 29.4 Å². The molecular weight excluding hydrogens is 364 g/mol. The van der Waals surface area contributed by atoms with Gasteiger partial charge in [-0.3, -0.25) is 0 Å². The predicted octanol–water partition coefficient (Wildman–Crippen LogP) is 3.80. The van der Waals surface area contributed by atoms with Crippen LogP contribution in [-0.2, 0) is 4.74 Å². The van der Waals surface area contributed by atoms with Crippen LogP contribution in [0.25, 0.3) is 0 Å². The Kier molecular flexibility index (Phi) is 6.24. The molecule has 7 heteroatoms. The van der Waals surface area contributed by atoms with Crippen LogP contribution in [0.4, 0.5) is 10.5 Å². The lowest BCUT2D eigenvalue weighted by molar-refractivity contribution is 0.0600. The van der Waals surface area contributed by atoms with Gasteiger partial charge in [-0.25, -0.2) is 9.59 Å². The van der Waals surface area contributed by atoms with E-state index in [0.29, 0.717) is 17.8 Å². The Morgan fingerprint density at radius 2 is 1.78 bits per heavy atom. The Balaban J connectivity index is 1.72. The summed E-state index contributed by atoms with van der Waals surface area (Å²) in [7, 11) is 2.97. The van der Waals surface area contributed by atoms with Crippen LogP contribution in [0.2, 0.25) is 0 Å². The van der Waals surface area contributed by atoms with Gasteiger partial charge in [0.25, 0.3) is 0 Å². The largest absolute Gasteiger partial charge is 0.497 e. The summed E-state index contributed by atoms with van der Waals surface area (Å²) >= 11 is 1.84. The average Bonchev–Trinajstić information content (AvgIpc) is 2.73. The van der Waals surface area contributed by atoms with E-state index >= 15 is 0 Å². The molecule has 0 saturated carbocycles. The second-order valence-corrected chi connectivity index (χ2v) is 7.21. The molecule has 1 saturated heterocycles. The summed E-state index contributed by atoms with van der Waals surface area (Å²) in [5.74, 6) is 2.15. The van der Waals surface area contributed by atoms with E-state index in [1.54, 1.807) is 31.4 Å². The highest BCUT2D eigenvalue weighted by atomic mass is 32.2. The molecule has 27 heavy (non-hydrogen) atoms. The summed E-state index contributed by atoms with van der Waals surface area (Å²) in [6.07, 6.45) is 0. The minimum absolute atomic E-state index is 0.00370. The highest BCUT2D eigenvalue weighted by Gasteiger charge is 2.28. The molecule has 6 nitrogen and oxygen atoms in total. The molecule has 1 unspecified atom stereocenters. The Hall–Kier alpha value is -2.67. The highest BCUT2D eigenvalue weighted by Crippen LogP contribution is 2.31. The molecule has 2 amide bonds. The SMILES string of the molecule is COC(=O)c1ccc(NC(=O)N2CCSCC2c2ccc(OC)cc2)cc1. The first-order valence-electron chi connectivity index (χ1n) is 8.60. The number of nitrogens with zero attached hydrogens (tertiary/aromatic N) is 1. The third-order valence-electron chi connectivity index (χ3n) is 4.45. The lowest BCUT2D eigenvalue weighted by Gasteiger charge is -2.35. The second kappa shape index (κ2) is 8.81. The van der Waals surface area contributed by atoms with Crippen molar-refractivity contribution in [3.05, 3.63) is 59.7 Å². The van der Waals surface area contributed by atoms with E-state index in [-0.39, 0.29) is 12.1 Å². The molecule has 0 aromatic heterocycles. The van der Waals surface area contributed by atoms with Crippen molar-refractivity contribution in [3.8, 4) is 5.75 Å². The van der Waals surface area contributed by atoms with Crippen molar-refractivity contribution in [3.63, 3.8) is 0 Å². The molecule has 2 aromatic rings. The average molecular weight is 386 g/mol. The zero-order valence-corrected chi connectivity index (χ0v) is 16.1. The first kappa shape index (κ1) is 19.1. The van der Waals surface area contributed by atoms with Gasteiger partial charge in [0.05, 0.1) is 25.8 Å². The molecule has 1 atom stereocenters. The number of carbonyl (C=O) groups excluding carboxylic acids is 2. The Morgan fingerprint density at radius 3 is 2.41 bits per heavy atom. The van der Waals surface area contributed by atoms with Crippen LogP contribution in [0, 0.1) is 0 Å². The van der Waals surface area contributed by atoms with Crippen LogP contribution in [0.1, 0.15) is 22.0 Å². The Morgan fingerprint density at radius 1 is 1.07 bits per heavy atom. The molecule has 0 aliphatic carbocycles. The standard InChI is InChI=1S/C20H22N2O4S/c1-25-17-9-5-14(6-10-17)18-13-27-12-11-22(18)20(24)21-16-7-3-15(4-8-16)19(23)26-2/h3-10,18H,11-13H2,1-2H3,(H,21,24). The molecule has 2 aromatic carbocycles. The smallest absolute Gasteiger partial charge is 0.337 e. The number of nitrogens with one attached hydrogen (secondary N) is 1. The van der Waals surface area contributed by atoms with E-state index in [2.05, 4.69) is 10.1 Å². The number of rotatable bonds is 4. The maximum Gasteiger partial charge on any atom is 0.337 e. The molecule has 1 N–H and O–H groups in total. The lowest BCUT2D eigenvalue weighted by Crippen LogP contribution is -2.43. The molecule has 1 fully saturated rings. The number of amides is 2. The number of hydrogen-bond donors (Lipinski definition) is 1. The van der Waals surface area contributed by atoms with E-state index in [4.69, 9.17) is 4.74 Å². The minimum atomic E-state index is -0.402. The predicted molar refractivity (Wildman–Crippen MR) is 107 cm³/mol. The molecule has 142 valence electrons. The van der Waals surface area contributed by atoms with Gasteiger partial charge in [-0.15, -0.1) is 0 Å². The van der Waals surface area contributed by atoms with Crippen molar-refractivity contribution < 1.29 is 19.1 Å². The van der Waals surface area contributed by atoms with Gasteiger partial charge in [-0.05, 0) is 42.0 Å². The monoisotopic (exact) mass is 386 g/mol. The fraction of sp³-hybridized carbons (Fsp3) is 0.300. The van der Waals surface area contributed by atoms with E-state index in [9.17, 15) is 9.59 Å². The topological polar surface area (TPSA) is 67.9 Å². The van der Waals surface area contributed by atoms with Crippen LogP contribution in [0.3, 0.4) is 0 Å². The fourth-order valence-electron chi connectivity index (χ4n) is 2.95. The third kappa shape index (κ3) is 4.54. The van der Waals surface area contributed by atoms with Gasteiger partial charge in [0.1, 0.15) is 5.75 Å². The summed E-state index contributed by atoms with van der Waals surface area (Å²) in [5, 5.41) is 2.92. The van der Waals surface area contributed by atoms with Crippen molar-refractivity contribution in [2.75, 3.05) is 37.6 Å². The van der Waals surface area contributed by atoms with Crippen LogP contribution in [0.15, 0.2) is 48.5 Å². The number of benzene rings is 2. The fourth-order valence-corrected chi connectivity index (χ4v) is 4.04. The zero-order valence-electron chi connectivity index (χ0n) is 15.3. The quantitative estimate of drug-likeness (QED) is 0.810. The molecule has 1 aliphatic rings. The van der Waals surface area contributed by atoms with Gasteiger partial charge >= 0.3 is 12.0 Å². The number of esters is 1. The zero-order chi connectivity index (χ0) is 19.2. The van der Waals surface area contributed by atoms with Crippen LogP contribution in [-0.4, -0.2) is 49.2 Å². The molecular formula is C20H22N2O4S. The number of carbonyl (C=O) groups is 2. The molecule has 0 bridgehead atoms. The summed E-state index contributed by atoms with van der Waals surface area (Å²) < 4.78 is 9.90. The maximum atomic E-state index is 12.8. The van der Waals surface area contributed by atoms with Crippen molar-refractivity contribution in [2.24, 2.45) is 0 Å². The van der Waals surface area contributed by atoms with E-state index in [1.807, 2.05) is 40.9 Å². The molecule has 1 aliphatic heterocycles. The summed E-state index contributed by atoms with van der Waals surface area (Å²) in [6, 6.07) is 14.3. The summed E-state index contributed by atoms with van der Waals surface area (Å²) in [6.45, 7) is 0.674. The Bertz CT molecular complexity index is 793. The van der Waals surface area contributed by atoms with E-state index < -0.39 is 5.97 Å². The van der Waals surface area contributed by atoms with Crippen molar-refractivity contribution in [1.82, 2.24) is 4.90 Å². The molecule has 3 rings (SSSR count). The number of ether oxygens (including phenoxy) is 2. The molecule has 0 radical (unpaired) electrons. The highest BCUT2D eigenvalue weighted by molar-refractivity contribution is 7.99. The van der Waals surface area contributed by atoms with E-state index in [0.717, 1.165) is 22.8 Å². The van der Waals surface area contributed by atoms with Gasteiger partial charge in [0.2, 0.25) is 0 Å². The summed E-state index contributed by atoms with van der Waals surface area (Å²) in [5.41, 5.74) is 2.17. The number of methoxy groups -OCH3 is 2. The van der Waals surface area contributed by atoms with Gasteiger partial charge in [0, 0.05) is 23.7 Å². The van der Waals surface area contributed by atoms with Crippen molar-refractivity contribution in [1.29, 1.82) is 0 Å². The van der Waals surface area contributed by atoms with Crippen LogP contribution < -0.4 is 10.1 Å². The van der Waals surface area contributed by atoms with Gasteiger partial charge in [0.15, 0.2) is 0 Å². The molecule has 1 heterocycles. The lowest BCUT2D eigenvalue weighted by atomic mass is 10.1.